The van der Waals surface area contributed by atoms with E-state index in [0.29, 0.717) is 11.1 Å². The Balaban J connectivity index is 1.75. The number of fused-ring (bicyclic) bond motifs is 1. The quantitative estimate of drug-likeness (QED) is 0.236. The molecule has 2 atom stereocenters. The fraction of sp³-hybridized carbons (Fsp3) is 0.269. The van der Waals surface area contributed by atoms with Crippen LogP contribution in [0.2, 0.25) is 0 Å². The lowest BCUT2D eigenvalue weighted by atomic mass is 9.93. The third-order valence-electron chi connectivity index (χ3n) is 6.12. The summed E-state index contributed by atoms with van der Waals surface area (Å²) >= 11 is 0. The van der Waals surface area contributed by atoms with Gasteiger partial charge in [0.25, 0.3) is 0 Å². The van der Waals surface area contributed by atoms with E-state index in [1.165, 1.54) is 12.1 Å². The summed E-state index contributed by atoms with van der Waals surface area (Å²) < 4.78 is 11.7. The third kappa shape index (κ3) is 4.44. The van der Waals surface area contributed by atoms with Gasteiger partial charge in [-0.15, -0.1) is 0 Å². The maximum Gasteiger partial charge on any atom is 0.338 e. The molecule has 0 amide bonds. The summed E-state index contributed by atoms with van der Waals surface area (Å²) in [5.74, 6) is -3.08. The Morgan fingerprint density at radius 1 is 0.914 bits per heavy atom. The third-order valence-corrected chi connectivity index (χ3v) is 6.12. The first-order chi connectivity index (χ1) is 16.5. The number of carbonyl (C=O) groups is 1. The first-order valence-corrected chi connectivity index (χ1v) is 11.0. The summed E-state index contributed by atoms with van der Waals surface area (Å²) in [6.07, 6.45) is -2.14. The number of ether oxygens (including phenoxy) is 2. The summed E-state index contributed by atoms with van der Waals surface area (Å²) in [4.78, 5) is 13.1. The van der Waals surface area contributed by atoms with E-state index in [4.69, 9.17) is 9.47 Å². The molecule has 9 nitrogen and oxygen atoms in total. The molecular weight excluding hydrogens is 456 g/mol. The molecular formula is C26H26O9. The van der Waals surface area contributed by atoms with Gasteiger partial charge in [0.15, 0.2) is 23.4 Å². The first kappa shape index (κ1) is 23.9. The van der Waals surface area contributed by atoms with Crippen molar-refractivity contribution in [3.63, 3.8) is 0 Å². The van der Waals surface area contributed by atoms with E-state index in [9.17, 15) is 35.4 Å². The van der Waals surface area contributed by atoms with Gasteiger partial charge in [0.05, 0.1) is 5.56 Å². The van der Waals surface area contributed by atoms with E-state index >= 15 is 0 Å². The van der Waals surface area contributed by atoms with Gasteiger partial charge in [-0.2, -0.15) is 0 Å². The van der Waals surface area contributed by atoms with Crippen molar-refractivity contribution in [2.75, 3.05) is 0 Å². The molecule has 1 aliphatic rings. The molecule has 0 radical (unpaired) electrons. The van der Waals surface area contributed by atoms with Crippen molar-refractivity contribution in [1.29, 1.82) is 0 Å². The van der Waals surface area contributed by atoms with Crippen LogP contribution in [0.5, 0.6) is 40.2 Å². The predicted octanol–water partition coefficient (Wildman–Crippen LogP) is 4.25. The van der Waals surface area contributed by atoms with Crippen molar-refractivity contribution in [2.24, 2.45) is 0 Å². The van der Waals surface area contributed by atoms with Crippen LogP contribution in [0.3, 0.4) is 0 Å². The van der Waals surface area contributed by atoms with Crippen LogP contribution < -0.4 is 4.74 Å². The van der Waals surface area contributed by atoms with E-state index < -0.39 is 35.4 Å². The Kier molecular flexibility index (Phi) is 6.02. The zero-order chi connectivity index (χ0) is 25.6. The molecule has 6 N–H and O–H groups in total. The first-order valence-electron chi connectivity index (χ1n) is 11.0. The van der Waals surface area contributed by atoms with Gasteiger partial charge < -0.3 is 40.1 Å². The van der Waals surface area contributed by atoms with Gasteiger partial charge in [0.1, 0.15) is 29.1 Å². The fourth-order valence-corrected chi connectivity index (χ4v) is 4.27. The zero-order valence-corrected chi connectivity index (χ0v) is 19.3. The van der Waals surface area contributed by atoms with Crippen LogP contribution in [0.1, 0.15) is 58.5 Å². The zero-order valence-electron chi connectivity index (χ0n) is 19.3. The number of carbonyl (C=O) groups excluding carboxylic acids is 1. The van der Waals surface area contributed by atoms with Crippen molar-refractivity contribution in [2.45, 2.75) is 45.3 Å². The van der Waals surface area contributed by atoms with Crippen LogP contribution in [0.15, 0.2) is 36.4 Å². The number of hydrogen-bond donors (Lipinski definition) is 6. The summed E-state index contributed by atoms with van der Waals surface area (Å²) in [6, 6.07) is 7.68. The minimum Gasteiger partial charge on any atom is -0.508 e. The molecule has 0 aliphatic carbocycles. The standard InChI is InChI=1S/C26H26O9/c1-11(2)16-4-14(7-18(28)12(16)3)26(33)35-23-10-17-19(29)8-15(27)9-22(17)34-25(23)13-5-20(30)24(32)21(31)6-13/h4-9,11,23,25,27-32H,10H2,1-3H3. The van der Waals surface area contributed by atoms with Crippen molar-refractivity contribution >= 4 is 5.97 Å². The molecule has 0 saturated heterocycles. The van der Waals surface area contributed by atoms with Gasteiger partial charge in [-0.25, -0.2) is 4.79 Å². The minimum absolute atomic E-state index is 0.0187. The topological polar surface area (TPSA) is 157 Å². The number of benzene rings is 3. The SMILES string of the molecule is Cc1c(O)cc(C(=O)OC2Cc3c(O)cc(O)cc3OC2c2cc(O)c(O)c(O)c2)cc1C(C)C. The maximum absolute atomic E-state index is 13.1. The molecule has 184 valence electrons. The van der Waals surface area contributed by atoms with E-state index in [2.05, 4.69) is 0 Å². The molecule has 0 bridgehead atoms. The average molecular weight is 482 g/mol. The number of phenolic OH excluding ortho intramolecular Hbond substituents is 6. The Hall–Kier alpha value is -4.27. The van der Waals surface area contributed by atoms with E-state index in [1.54, 1.807) is 13.0 Å². The average Bonchev–Trinajstić information content (AvgIpc) is 2.78. The molecule has 1 aliphatic heterocycles. The monoisotopic (exact) mass is 482 g/mol. The smallest absolute Gasteiger partial charge is 0.338 e. The van der Waals surface area contributed by atoms with Gasteiger partial charge in [-0.05, 0) is 48.2 Å². The molecule has 0 fully saturated rings. The summed E-state index contributed by atoms with van der Waals surface area (Å²) in [6.45, 7) is 5.62. The summed E-state index contributed by atoms with van der Waals surface area (Å²) in [5.41, 5.74) is 2.02. The lowest BCUT2D eigenvalue weighted by Gasteiger charge is -2.34. The van der Waals surface area contributed by atoms with Crippen LogP contribution in [-0.4, -0.2) is 42.7 Å². The van der Waals surface area contributed by atoms with Gasteiger partial charge in [0, 0.05) is 29.7 Å². The second kappa shape index (κ2) is 8.83. The molecule has 35 heavy (non-hydrogen) atoms. The van der Waals surface area contributed by atoms with E-state index in [0.717, 1.165) is 23.8 Å². The maximum atomic E-state index is 13.1. The highest BCUT2D eigenvalue weighted by molar-refractivity contribution is 5.90. The van der Waals surface area contributed by atoms with Gasteiger partial charge in [-0.1, -0.05) is 13.8 Å². The summed E-state index contributed by atoms with van der Waals surface area (Å²) in [7, 11) is 0. The number of aromatic hydroxyl groups is 6. The molecule has 2 unspecified atom stereocenters. The predicted molar refractivity (Wildman–Crippen MR) is 124 cm³/mol. The Morgan fingerprint density at radius 3 is 2.20 bits per heavy atom. The van der Waals surface area contributed by atoms with Crippen molar-refractivity contribution in [3.05, 3.63) is 64.2 Å². The van der Waals surface area contributed by atoms with Crippen LogP contribution >= 0.6 is 0 Å². The van der Waals surface area contributed by atoms with Gasteiger partial charge in [0.2, 0.25) is 0 Å². The Bertz CT molecular complexity index is 1290. The molecule has 4 rings (SSSR count). The highest BCUT2D eigenvalue weighted by Gasteiger charge is 2.37. The second-order valence-electron chi connectivity index (χ2n) is 8.90. The molecule has 0 aromatic heterocycles. The number of esters is 1. The number of rotatable bonds is 4. The van der Waals surface area contributed by atoms with Gasteiger partial charge >= 0.3 is 5.97 Å². The fourth-order valence-electron chi connectivity index (χ4n) is 4.27. The van der Waals surface area contributed by atoms with Crippen LogP contribution in [0, 0.1) is 6.92 Å². The highest BCUT2D eigenvalue weighted by atomic mass is 16.6. The van der Waals surface area contributed by atoms with Crippen LogP contribution in [0.25, 0.3) is 0 Å². The van der Waals surface area contributed by atoms with Crippen molar-refractivity contribution in [1.82, 2.24) is 0 Å². The molecule has 0 saturated carbocycles. The normalized spacial score (nSPS) is 17.0. The number of hydrogen-bond acceptors (Lipinski definition) is 9. The molecule has 0 spiro atoms. The number of phenols is 6. The molecule has 1 heterocycles. The minimum atomic E-state index is -1.08. The lowest BCUT2D eigenvalue weighted by Crippen LogP contribution is -2.34. The summed E-state index contributed by atoms with van der Waals surface area (Å²) in [5, 5.41) is 60.2. The molecule has 3 aromatic carbocycles. The Labute approximate surface area is 201 Å². The van der Waals surface area contributed by atoms with Crippen molar-refractivity contribution < 1.29 is 44.9 Å². The molecule has 9 heteroatoms. The second-order valence-corrected chi connectivity index (χ2v) is 8.90. The van der Waals surface area contributed by atoms with Crippen molar-refractivity contribution in [3.8, 4) is 40.2 Å². The van der Waals surface area contributed by atoms with Gasteiger partial charge in [-0.3, -0.25) is 0 Å². The largest absolute Gasteiger partial charge is 0.508 e. The van der Waals surface area contributed by atoms with E-state index in [-0.39, 0.29) is 46.5 Å². The highest BCUT2D eigenvalue weighted by Crippen LogP contribution is 2.45. The molecule has 3 aromatic rings. The Morgan fingerprint density at radius 2 is 1.57 bits per heavy atom. The van der Waals surface area contributed by atoms with E-state index in [1.807, 2.05) is 13.8 Å². The lowest BCUT2D eigenvalue weighted by molar-refractivity contribution is -0.0189. The van der Waals surface area contributed by atoms with Crippen LogP contribution in [0.4, 0.5) is 0 Å². The van der Waals surface area contributed by atoms with Crippen LogP contribution in [-0.2, 0) is 11.2 Å².